The van der Waals surface area contributed by atoms with Crippen LogP contribution in [0.4, 0.5) is 10.1 Å². The number of rotatable bonds is 3. The highest BCUT2D eigenvalue weighted by Gasteiger charge is 2.31. The lowest BCUT2D eigenvalue weighted by Gasteiger charge is -2.38. The van der Waals surface area contributed by atoms with Crippen LogP contribution in [0.1, 0.15) is 18.9 Å². The number of fused-ring (bicyclic) bond motifs is 1. The second-order valence-electron chi connectivity index (χ2n) is 5.89. The number of ether oxygens (including phenoxy) is 1. The van der Waals surface area contributed by atoms with E-state index >= 15 is 0 Å². The summed E-state index contributed by atoms with van der Waals surface area (Å²) < 4.78 is 20.2. The highest BCUT2D eigenvalue weighted by Crippen LogP contribution is 2.32. The Morgan fingerprint density at radius 1 is 1.39 bits per heavy atom. The van der Waals surface area contributed by atoms with Crippen LogP contribution < -0.4 is 4.90 Å². The molecule has 1 aromatic carbocycles. The summed E-state index contributed by atoms with van der Waals surface area (Å²) in [7, 11) is 0. The molecule has 2 aliphatic heterocycles. The quantitative estimate of drug-likeness (QED) is 0.801. The predicted molar refractivity (Wildman–Crippen MR) is 86.8 cm³/mol. The fourth-order valence-corrected chi connectivity index (χ4v) is 3.36. The molecule has 0 aromatic heterocycles. The monoisotopic (exact) mass is 384 g/mol. The molecule has 3 rings (SSSR count). The van der Waals surface area contributed by atoms with Gasteiger partial charge in [0.25, 0.3) is 5.91 Å². The summed E-state index contributed by atoms with van der Waals surface area (Å²) in [5, 5.41) is 0. The van der Waals surface area contributed by atoms with Crippen molar-refractivity contribution in [1.29, 1.82) is 0 Å². The molecule has 124 valence electrons. The zero-order valence-corrected chi connectivity index (χ0v) is 14.4. The third kappa shape index (κ3) is 3.40. The van der Waals surface area contributed by atoms with E-state index < -0.39 is 0 Å². The molecule has 5 nitrogen and oxygen atoms in total. The Bertz CT molecular complexity index is 646. The molecule has 0 spiro atoms. The smallest absolute Gasteiger partial charge is 0.252 e. The SMILES string of the molecule is CC(=O)N1CC(OCC(=O)N2CCCc3c(F)cc(Br)cc32)C1. The van der Waals surface area contributed by atoms with Gasteiger partial charge in [0.05, 0.1) is 11.8 Å². The molecule has 23 heavy (non-hydrogen) atoms. The third-order valence-electron chi connectivity index (χ3n) is 4.27. The summed E-state index contributed by atoms with van der Waals surface area (Å²) in [5.41, 5.74) is 1.20. The Labute approximate surface area is 142 Å². The van der Waals surface area contributed by atoms with Crippen molar-refractivity contribution in [2.24, 2.45) is 0 Å². The topological polar surface area (TPSA) is 49.9 Å². The number of amides is 2. The lowest BCUT2D eigenvalue weighted by molar-refractivity contribution is -0.145. The van der Waals surface area contributed by atoms with E-state index in [1.54, 1.807) is 15.9 Å². The van der Waals surface area contributed by atoms with Crippen molar-refractivity contribution >= 4 is 33.4 Å². The van der Waals surface area contributed by atoms with E-state index in [-0.39, 0.29) is 30.3 Å². The van der Waals surface area contributed by atoms with Gasteiger partial charge in [0, 0.05) is 36.6 Å². The molecule has 0 aliphatic carbocycles. The van der Waals surface area contributed by atoms with E-state index in [1.165, 1.54) is 13.0 Å². The molecule has 7 heteroatoms. The normalized spacial score (nSPS) is 17.7. The zero-order chi connectivity index (χ0) is 16.6. The first kappa shape index (κ1) is 16.4. The van der Waals surface area contributed by atoms with E-state index in [4.69, 9.17) is 4.74 Å². The van der Waals surface area contributed by atoms with E-state index in [2.05, 4.69) is 15.9 Å². The summed E-state index contributed by atoms with van der Waals surface area (Å²) in [6, 6.07) is 3.20. The van der Waals surface area contributed by atoms with E-state index in [0.717, 1.165) is 6.42 Å². The average Bonchev–Trinajstić information content (AvgIpc) is 2.44. The second-order valence-corrected chi connectivity index (χ2v) is 6.81. The van der Waals surface area contributed by atoms with Crippen LogP contribution >= 0.6 is 15.9 Å². The van der Waals surface area contributed by atoms with Gasteiger partial charge < -0.3 is 14.5 Å². The number of carbonyl (C=O) groups excluding carboxylic acids is 2. The Morgan fingerprint density at radius 3 is 2.83 bits per heavy atom. The van der Waals surface area contributed by atoms with Crippen LogP contribution in [-0.4, -0.2) is 49.1 Å². The first-order valence-electron chi connectivity index (χ1n) is 7.61. The van der Waals surface area contributed by atoms with Gasteiger partial charge in [0.2, 0.25) is 5.91 Å². The van der Waals surface area contributed by atoms with Crippen LogP contribution in [0.15, 0.2) is 16.6 Å². The maximum atomic E-state index is 14.0. The molecule has 0 bridgehead atoms. The fraction of sp³-hybridized carbons (Fsp3) is 0.500. The number of carbonyl (C=O) groups is 2. The first-order chi connectivity index (χ1) is 11.0. The van der Waals surface area contributed by atoms with Crippen molar-refractivity contribution in [3.8, 4) is 0 Å². The number of nitrogens with zero attached hydrogens (tertiary/aromatic N) is 2. The largest absolute Gasteiger partial charge is 0.365 e. The molecule has 0 saturated carbocycles. The van der Waals surface area contributed by atoms with Gasteiger partial charge in [-0.05, 0) is 25.0 Å². The molecule has 0 unspecified atom stereocenters. The molecular formula is C16H18BrFN2O3. The lowest BCUT2D eigenvalue weighted by Crippen LogP contribution is -2.54. The molecule has 1 fully saturated rings. The van der Waals surface area contributed by atoms with Gasteiger partial charge in [-0.25, -0.2) is 4.39 Å². The van der Waals surface area contributed by atoms with Gasteiger partial charge in [-0.15, -0.1) is 0 Å². The van der Waals surface area contributed by atoms with E-state index in [1.807, 2.05) is 0 Å². The summed E-state index contributed by atoms with van der Waals surface area (Å²) in [4.78, 5) is 26.8. The number of hydrogen-bond acceptors (Lipinski definition) is 3. The Hall–Kier alpha value is -1.47. The van der Waals surface area contributed by atoms with Gasteiger partial charge in [-0.1, -0.05) is 15.9 Å². The van der Waals surface area contributed by atoms with Crippen LogP contribution in [-0.2, 0) is 20.7 Å². The van der Waals surface area contributed by atoms with Crippen LogP contribution in [0.5, 0.6) is 0 Å². The molecular weight excluding hydrogens is 367 g/mol. The summed E-state index contributed by atoms with van der Waals surface area (Å²) in [6.07, 6.45) is 1.28. The van der Waals surface area contributed by atoms with Crippen LogP contribution in [0.3, 0.4) is 0 Å². The molecule has 0 N–H and O–H groups in total. The van der Waals surface area contributed by atoms with Crippen molar-refractivity contribution in [1.82, 2.24) is 4.90 Å². The Morgan fingerprint density at radius 2 is 2.13 bits per heavy atom. The van der Waals surface area contributed by atoms with Crippen molar-refractivity contribution in [3.05, 3.63) is 28.0 Å². The Balaban J connectivity index is 1.62. The van der Waals surface area contributed by atoms with Gasteiger partial charge in [0.15, 0.2) is 0 Å². The maximum Gasteiger partial charge on any atom is 0.252 e. The second kappa shape index (κ2) is 6.57. The molecule has 2 aliphatic rings. The highest BCUT2D eigenvalue weighted by atomic mass is 79.9. The van der Waals surface area contributed by atoms with Crippen molar-refractivity contribution in [2.75, 3.05) is 31.1 Å². The fourth-order valence-electron chi connectivity index (χ4n) is 2.94. The first-order valence-corrected chi connectivity index (χ1v) is 8.40. The molecule has 1 aromatic rings. The molecule has 1 saturated heterocycles. The molecule has 0 radical (unpaired) electrons. The summed E-state index contributed by atoms with van der Waals surface area (Å²) in [6.45, 7) is 3.08. The number of benzene rings is 1. The summed E-state index contributed by atoms with van der Waals surface area (Å²) >= 11 is 3.27. The standard InChI is InChI=1S/C16H18BrFN2O3/c1-10(21)19-7-12(8-19)23-9-16(22)20-4-2-3-13-14(18)5-11(17)6-15(13)20/h5-6,12H,2-4,7-9H2,1H3. The van der Waals surface area contributed by atoms with Gasteiger partial charge in [-0.3, -0.25) is 9.59 Å². The predicted octanol–water partition coefficient (Wildman–Crippen LogP) is 2.11. The van der Waals surface area contributed by atoms with Crippen molar-refractivity contribution < 1.29 is 18.7 Å². The van der Waals surface area contributed by atoms with E-state index in [0.29, 0.717) is 41.8 Å². The summed E-state index contributed by atoms with van der Waals surface area (Å²) in [5.74, 6) is -0.449. The minimum absolute atomic E-state index is 0.0152. The maximum absolute atomic E-state index is 14.0. The molecule has 0 atom stereocenters. The molecule has 2 heterocycles. The number of halogens is 2. The average molecular weight is 385 g/mol. The van der Waals surface area contributed by atoms with Crippen LogP contribution in [0.25, 0.3) is 0 Å². The van der Waals surface area contributed by atoms with Gasteiger partial charge in [-0.2, -0.15) is 0 Å². The number of likely N-dealkylation sites (tertiary alicyclic amines) is 1. The van der Waals surface area contributed by atoms with Gasteiger partial charge in [0.1, 0.15) is 12.4 Å². The van der Waals surface area contributed by atoms with E-state index in [9.17, 15) is 14.0 Å². The van der Waals surface area contributed by atoms with Gasteiger partial charge >= 0.3 is 0 Å². The van der Waals surface area contributed by atoms with Crippen LogP contribution in [0.2, 0.25) is 0 Å². The highest BCUT2D eigenvalue weighted by molar-refractivity contribution is 9.10. The van der Waals surface area contributed by atoms with Crippen LogP contribution in [0, 0.1) is 5.82 Å². The Kier molecular flexibility index (Phi) is 4.68. The van der Waals surface area contributed by atoms with Crippen molar-refractivity contribution in [3.63, 3.8) is 0 Å². The minimum Gasteiger partial charge on any atom is -0.365 e. The molecule has 2 amide bonds. The zero-order valence-electron chi connectivity index (χ0n) is 12.8. The number of hydrogen-bond donors (Lipinski definition) is 0. The minimum atomic E-state index is -0.288. The number of anilines is 1. The third-order valence-corrected chi connectivity index (χ3v) is 4.73. The lowest BCUT2D eigenvalue weighted by atomic mass is 10.0. The van der Waals surface area contributed by atoms with Crippen molar-refractivity contribution in [2.45, 2.75) is 25.9 Å².